The molecule has 0 radical (unpaired) electrons. The summed E-state index contributed by atoms with van der Waals surface area (Å²) < 4.78 is 72.1. The first kappa shape index (κ1) is 22.3. The smallest absolute Gasteiger partial charge is 0.262 e. The molecular weight excluding hydrogens is 433 g/mol. The molecule has 3 aromatic carbocycles. The van der Waals surface area contributed by atoms with E-state index in [1.165, 1.54) is 24.3 Å². The van der Waals surface area contributed by atoms with Crippen LogP contribution in [0.2, 0.25) is 0 Å². The maximum atomic E-state index is 13.6. The van der Waals surface area contributed by atoms with Crippen molar-refractivity contribution >= 4 is 21.6 Å². The summed E-state index contributed by atoms with van der Waals surface area (Å²) >= 11 is 0. The third kappa shape index (κ3) is 5.83. The van der Waals surface area contributed by atoms with Crippen molar-refractivity contribution in [2.24, 2.45) is 0 Å². The van der Waals surface area contributed by atoms with Gasteiger partial charge in [-0.3, -0.25) is 4.79 Å². The second-order valence-electron chi connectivity index (χ2n) is 6.34. The minimum absolute atomic E-state index is 0.00379. The molecule has 0 spiro atoms. The van der Waals surface area contributed by atoms with Gasteiger partial charge in [-0.2, -0.15) is 0 Å². The topological polar surface area (TPSA) is 84.5 Å². The average Bonchev–Trinajstić information content (AvgIpc) is 2.78. The Morgan fingerprint density at radius 1 is 0.871 bits per heavy atom. The Kier molecular flexibility index (Phi) is 6.93. The molecule has 0 saturated carbocycles. The van der Waals surface area contributed by atoms with Gasteiger partial charge in [-0.1, -0.05) is 30.3 Å². The molecule has 3 rings (SSSR count). The number of halogens is 3. The van der Waals surface area contributed by atoms with Crippen LogP contribution < -0.4 is 14.8 Å². The lowest BCUT2D eigenvalue weighted by Gasteiger charge is -2.10. The third-order valence-electron chi connectivity index (χ3n) is 4.12. The number of benzene rings is 3. The van der Waals surface area contributed by atoms with Crippen LogP contribution in [0, 0.1) is 17.5 Å². The summed E-state index contributed by atoms with van der Waals surface area (Å²) in [6.45, 7) is -0.432. The molecule has 6 nitrogen and oxygen atoms in total. The highest BCUT2D eigenvalue weighted by atomic mass is 32.2. The molecule has 0 fully saturated rings. The first-order valence-corrected chi connectivity index (χ1v) is 10.4. The zero-order chi connectivity index (χ0) is 22.4. The van der Waals surface area contributed by atoms with Crippen LogP contribution in [0.3, 0.4) is 0 Å². The van der Waals surface area contributed by atoms with Crippen molar-refractivity contribution in [3.8, 4) is 5.75 Å². The zero-order valence-electron chi connectivity index (χ0n) is 15.9. The van der Waals surface area contributed by atoms with Crippen molar-refractivity contribution in [1.29, 1.82) is 0 Å². The van der Waals surface area contributed by atoms with Crippen LogP contribution in [0.15, 0.2) is 71.6 Å². The van der Waals surface area contributed by atoms with Gasteiger partial charge in [-0.05, 0) is 42.0 Å². The number of amides is 1. The fourth-order valence-corrected chi connectivity index (χ4v) is 3.55. The van der Waals surface area contributed by atoms with Crippen LogP contribution in [0.5, 0.6) is 5.75 Å². The number of hydrogen-bond acceptors (Lipinski definition) is 4. The van der Waals surface area contributed by atoms with Gasteiger partial charge in [0.25, 0.3) is 5.91 Å². The SMILES string of the molecule is O=C(COc1ccc(S(=O)(=O)NCc2ccccc2)cc1)Nc1ccc(F)c(F)c1F. The Bertz CT molecular complexity index is 1170. The van der Waals surface area contributed by atoms with E-state index in [1.807, 2.05) is 6.07 Å². The van der Waals surface area contributed by atoms with E-state index >= 15 is 0 Å². The van der Waals surface area contributed by atoms with Crippen molar-refractivity contribution < 1.29 is 31.1 Å². The maximum absolute atomic E-state index is 13.6. The lowest BCUT2D eigenvalue weighted by Crippen LogP contribution is -2.23. The minimum Gasteiger partial charge on any atom is -0.484 e. The second kappa shape index (κ2) is 9.63. The Labute approximate surface area is 176 Å². The summed E-state index contributed by atoms with van der Waals surface area (Å²) in [5.41, 5.74) is 0.271. The van der Waals surface area contributed by atoms with Crippen molar-refractivity contribution in [2.45, 2.75) is 11.4 Å². The summed E-state index contributed by atoms with van der Waals surface area (Å²) in [5, 5.41) is 2.06. The summed E-state index contributed by atoms with van der Waals surface area (Å²) in [7, 11) is -3.75. The summed E-state index contributed by atoms with van der Waals surface area (Å²) in [4.78, 5) is 11.9. The number of carbonyl (C=O) groups excluding carboxylic acids is 1. The van der Waals surface area contributed by atoms with Crippen molar-refractivity contribution in [1.82, 2.24) is 4.72 Å². The standard InChI is InChI=1S/C21H17F3N2O4S/c22-17-10-11-18(21(24)20(17)23)26-19(27)13-30-15-6-8-16(9-7-15)31(28,29)25-12-14-4-2-1-3-5-14/h1-11,25H,12-13H2,(H,26,27). The highest BCUT2D eigenvalue weighted by Crippen LogP contribution is 2.20. The fraction of sp³-hybridized carbons (Fsp3) is 0.0952. The molecule has 3 aromatic rings. The molecule has 1 amide bonds. The van der Waals surface area contributed by atoms with Crippen molar-refractivity contribution in [2.75, 3.05) is 11.9 Å². The van der Waals surface area contributed by atoms with Crippen LogP contribution in [-0.4, -0.2) is 20.9 Å². The van der Waals surface area contributed by atoms with Gasteiger partial charge in [0.05, 0.1) is 10.6 Å². The maximum Gasteiger partial charge on any atom is 0.262 e. The molecule has 10 heteroatoms. The highest BCUT2D eigenvalue weighted by Gasteiger charge is 2.16. The molecular formula is C21H17F3N2O4S. The molecule has 0 heterocycles. The molecule has 0 aliphatic heterocycles. The molecule has 162 valence electrons. The Hall–Kier alpha value is -3.37. The normalized spacial score (nSPS) is 11.2. The molecule has 0 aliphatic rings. The van der Waals surface area contributed by atoms with E-state index in [-0.39, 0.29) is 17.2 Å². The average molecular weight is 450 g/mol. The molecule has 0 bridgehead atoms. The number of hydrogen-bond donors (Lipinski definition) is 2. The van der Waals surface area contributed by atoms with E-state index in [0.29, 0.717) is 6.07 Å². The van der Waals surface area contributed by atoms with Crippen LogP contribution in [0.25, 0.3) is 0 Å². The summed E-state index contributed by atoms with van der Waals surface area (Å²) in [6, 6.07) is 15.9. The zero-order valence-corrected chi connectivity index (χ0v) is 16.8. The quantitative estimate of drug-likeness (QED) is 0.514. The molecule has 31 heavy (non-hydrogen) atoms. The minimum atomic E-state index is -3.75. The van der Waals surface area contributed by atoms with E-state index in [4.69, 9.17) is 4.74 Å². The highest BCUT2D eigenvalue weighted by molar-refractivity contribution is 7.89. The van der Waals surface area contributed by atoms with Gasteiger partial charge in [0.15, 0.2) is 24.1 Å². The fourth-order valence-electron chi connectivity index (χ4n) is 2.53. The van der Waals surface area contributed by atoms with Gasteiger partial charge in [0.2, 0.25) is 10.0 Å². The van der Waals surface area contributed by atoms with Crippen LogP contribution in [0.4, 0.5) is 18.9 Å². The molecule has 0 aliphatic carbocycles. The molecule has 2 N–H and O–H groups in total. The van der Waals surface area contributed by atoms with Gasteiger partial charge in [0, 0.05) is 6.54 Å². The molecule has 0 saturated heterocycles. The third-order valence-corrected chi connectivity index (χ3v) is 5.54. The number of nitrogens with one attached hydrogen (secondary N) is 2. The first-order chi connectivity index (χ1) is 14.8. The largest absolute Gasteiger partial charge is 0.484 e. The van der Waals surface area contributed by atoms with Crippen molar-refractivity contribution in [3.05, 3.63) is 89.7 Å². The number of anilines is 1. The van der Waals surface area contributed by atoms with E-state index < -0.39 is 45.7 Å². The molecule has 0 aromatic heterocycles. The predicted octanol–water partition coefficient (Wildman–Crippen LogP) is 3.60. The van der Waals surface area contributed by atoms with Crippen molar-refractivity contribution in [3.63, 3.8) is 0 Å². The van der Waals surface area contributed by atoms with Crippen LogP contribution >= 0.6 is 0 Å². The Morgan fingerprint density at radius 2 is 1.55 bits per heavy atom. The van der Waals surface area contributed by atoms with Gasteiger partial charge >= 0.3 is 0 Å². The predicted molar refractivity (Wildman–Crippen MR) is 107 cm³/mol. The molecule has 0 atom stereocenters. The van der Waals surface area contributed by atoms with Gasteiger partial charge < -0.3 is 10.1 Å². The van der Waals surface area contributed by atoms with Crippen LogP contribution in [-0.2, 0) is 21.4 Å². The van der Waals surface area contributed by atoms with Crippen LogP contribution in [0.1, 0.15) is 5.56 Å². The van der Waals surface area contributed by atoms with Gasteiger partial charge in [0.1, 0.15) is 5.75 Å². The Balaban J connectivity index is 1.55. The van der Waals surface area contributed by atoms with Gasteiger partial charge in [-0.15, -0.1) is 0 Å². The van der Waals surface area contributed by atoms with Gasteiger partial charge in [-0.25, -0.2) is 26.3 Å². The van der Waals surface area contributed by atoms with E-state index in [9.17, 15) is 26.4 Å². The summed E-state index contributed by atoms with van der Waals surface area (Å²) in [6.07, 6.45) is 0. The Morgan fingerprint density at radius 3 is 2.23 bits per heavy atom. The number of ether oxygens (including phenoxy) is 1. The number of rotatable bonds is 8. The first-order valence-electron chi connectivity index (χ1n) is 8.96. The molecule has 0 unspecified atom stereocenters. The number of sulfonamides is 1. The lowest BCUT2D eigenvalue weighted by atomic mass is 10.2. The number of carbonyl (C=O) groups is 1. The van der Waals surface area contributed by atoms with E-state index in [2.05, 4.69) is 10.0 Å². The van der Waals surface area contributed by atoms with E-state index in [0.717, 1.165) is 11.6 Å². The second-order valence-corrected chi connectivity index (χ2v) is 8.11. The van der Waals surface area contributed by atoms with E-state index in [1.54, 1.807) is 24.3 Å². The summed E-state index contributed by atoms with van der Waals surface area (Å²) in [5.74, 6) is -5.23. The monoisotopic (exact) mass is 450 g/mol. The lowest BCUT2D eigenvalue weighted by molar-refractivity contribution is -0.118.